The van der Waals surface area contributed by atoms with E-state index >= 15 is 0 Å². The summed E-state index contributed by atoms with van der Waals surface area (Å²) in [6, 6.07) is 0. The fourth-order valence-electron chi connectivity index (χ4n) is 1.03. The number of hydrogen-bond donors (Lipinski definition) is 1. The Morgan fingerprint density at radius 2 is 2.31 bits per heavy atom. The standard InChI is InChI=1S/C9H14N4O3/c1-3-5-16-8-7(13(14)15)6-11-9(12-8)10-4-2/h6H,3-5H2,1-2H3,(H,10,11,12). The van der Waals surface area contributed by atoms with Crippen molar-refractivity contribution in [3.63, 3.8) is 0 Å². The van der Waals surface area contributed by atoms with Gasteiger partial charge in [0.1, 0.15) is 6.20 Å². The number of aromatic nitrogens is 2. The van der Waals surface area contributed by atoms with Crippen molar-refractivity contribution in [2.45, 2.75) is 20.3 Å². The molecule has 0 bridgehead atoms. The van der Waals surface area contributed by atoms with E-state index in [0.717, 1.165) is 12.6 Å². The van der Waals surface area contributed by atoms with E-state index in [2.05, 4.69) is 15.3 Å². The molecule has 88 valence electrons. The number of rotatable bonds is 6. The lowest BCUT2D eigenvalue weighted by Gasteiger charge is -2.06. The molecule has 16 heavy (non-hydrogen) atoms. The van der Waals surface area contributed by atoms with Crippen LogP contribution in [0.25, 0.3) is 0 Å². The van der Waals surface area contributed by atoms with Gasteiger partial charge in [-0.15, -0.1) is 0 Å². The molecule has 1 rings (SSSR count). The largest absolute Gasteiger partial charge is 0.473 e. The minimum Gasteiger partial charge on any atom is -0.473 e. The third kappa shape index (κ3) is 3.04. The molecule has 1 aromatic rings. The van der Waals surface area contributed by atoms with Crippen molar-refractivity contribution in [1.82, 2.24) is 9.97 Å². The Hall–Kier alpha value is -1.92. The molecule has 7 heteroatoms. The van der Waals surface area contributed by atoms with Gasteiger partial charge in [-0.05, 0) is 13.3 Å². The lowest BCUT2D eigenvalue weighted by atomic mass is 10.5. The molecule has 0 saturated carbocycles. The number of hydrogen-bond acceptors (Lipinski definition) is 6. The summed E-state index contributed by atoms with van der Waals surface area (Å²) in [7, 11) is 0. The second-order valence-electron chi connectivity index (χ2n) is 3.02. The van der Waals surface area contributed by atoms with Gasteiger partial charge in [0.15, 0.2) is 0 Å². The van der Waals surface area contributed by atoms with Crippen molar-refractivity contribution in [1.29, 1.82) is 0 Å². The second kappa shape index (κ2) is 5.84. The predicted molar refractivity (Wildman–Crippen MR) is 58.6 cm³/mol. The maximum Gasteiger partial charge on any atom is 0.349 e. The molecule has 0 saturated heterocycles. The Morgan fingerprint density at radius 3 is 2.88 bits per heavy atom. The third-order valence-corrected chi connectivity index (χ3v) is 1.71. The summed E-state index contributed by atoms with van der Waals surface area (Å²) in [5, 5.41) is 13.5. The zero-order chi connectivity index (χ0) is 12.0. The van der Waals surface area contributed by atoms with Crippen LogP contribution >= 0.6 is 0 Å². The molecule has 1 N–H and O–H groups in total. The smallest absolute Gasteiger partial charge is 0.349 e. The van der Waals surface area contributed by atoms with Crippen LogP contribution in [-0.2, 0) is 0 Å². The van der Waals surface area contributed by atoms with Gasteiger partial charge in [0, 0.05) is 6.54 Å². The van der Waals surface area contributed by atoms with Crippen molar-refractivity contribution < 1.29 is 9.66 Å². The average Bonchev–Trinajstić information content (AvgIpc) is 2.26. The van der Waals surface area contributed by atoms with Crippen LogP contribution in [0.1, 0.15) is 20.3 Å². The van der Waals surface area contributed by atoms with Crippen LogP contribution in [0.2, 0.25) is 0 Å². The van der Waals surface area contributed by atoms with Crippen LogP contribution in [0.3, 0.4) is 0 Å². The van der Waals surface area contributed by atoms with E-state index in [-0.39, 0.29) is 11.6 Å². The van der Waals surface area contributed by atoms with Gasteiger partial charge in [0.25, 0.3) is 5.88 Å². The third-order valence-electron chi connectivity index (χ3n) is 1.71. The maximum atomic E-state index is 10.7. The first-order chi connectivity index (χ1) is 7.69. The Bertz CT molecular complexity index is 370. The molecule has 0 amide bonds. The first-order valence-corrected chi connectivity index (χ1v) is 5.07. The Morgan fingerprint density at radius 1 is 1.56 bits per heavy atom. The highest BCUT2D eigenvalue weighted by atomic mass is 16.6. The lowest BCUT2D eigenvalue weighted by molar-refractivity contribution is -0.386. The van der Waals surface area contributed by atoms with Gasteiger partial charge >= 0.3 is 5.69 Å². The summed E-state index contributed by atoms with van der Waals surface area (Å²) < 4.78 is 5.20. The molecular weight excluding hydrogens is 212 g/mol. The van der Waals surface area contributed by atoms with E-state index in [1.807, 2.05) is 13.8 Å². The number of nitrogens with one attached hydrogen (secondary N) is 1. The molecule has 0 spiro atoms. The highest BCUT2D eigenvalue weighted by Crippen LogP contribution is 2.24. The molecule has 1 aromatic heterocycles. The minimum atomic E-state index is -0.555. The summed E-state index contributed by atoms with van der Waals surface area (Å²) in [4.78, 5) is 17.9. The van der Waals surface area contributed by atoms with Crippen molar-refractivity contribution in [3.8, 4) is 5.88 Å². The molecule has 0 aromatic carbocycles. The molecule has 7 nitrogen and oxygen atoms in total. The van der Waals surface area contributed by atoms with Crippen molar-refractivity contribution in [2.75, 3.05) is 18.5 Å². The number of nitro groups is 1. The fraction of sp³-hybridized carbons (Fsp3) is 0.556. The van der Waals surface area contributed by atoms with Crippen LogP contribution in [0.4, 0.5) is 11.6 Å². The Kier molecular flexibility index (Phi) is 4.43. The number of ether oxygens (including phenoxy) is 1. The van der Waals surface area contributed by atoms with E-state index < -0.39 is 4.92 Å². The van der Waals surface area contributed by atoms with E-state index in [1.165, 1.54) is 0 Å². The summed E-state index contributed by atoms with van der Waals surface area (Å²) in [6.45, 7) is 4.84. The van der Waals surface area contributed by atoms with Crippen LogP contribution in [0.5, 0.6) is 5.88 Å². The predicted octanol–water partition coefficient (Wildman–Crippen LogP) is 1.61. The van der Waals surface area contributed by atoms with Gasteiger partial charge in [-0.1, -0.05) is 6.92 Å². The van der Waals surface area contributed by atoms with Crippen LogP contribution in [-0.4, -0.2) is 28.0 Å². The second-order valence-corrected chi connectivity index (χ2v) is 3.02. The molecule has 0 atom stereocenters. The van der Waals surface area contributed by atoms with Crippen LogP contribution < -0.4 is 10.1 Å². The van der Waals surface area contributed by atoms with E-state index in [4.69, 9.17) is 4.74 Å². The molecule has 0 aliphatic rings. The summed E-state index contributed by atoms with van der Waals surface area (Å²) >= 11 is 0. The van der Waals surface area contributed by atoms with Crippen molar-refractivity contribution >= 4 is 11.6 Å². The minimum absolute atomic E-state index is 0.0119. The van der Waals surface area contributed by atoms with E-state index in [9.17, 15) is 10.1 Å². The van der Waals surface area contributed by atoms with Gasteiger partial charge in [-0.25, -0.2) is 4.98 Å². The van der Waals surface area contributed by atoms with E-state index in [1.54, 1.807) is 0 Å². The van der Waals surface area contributed by atoms with Gasteiger partial charge in [-0.2, -0.15) is 4.98 Å². The summed E-state index contributed by atoms with van der Waals surface area (Å²) in [5.41, 5.74) is -0.213. The quantitative estimate of drug-likeness (QED) is 0.585. The number of nitrogens with zero attached hydrogens (tertiary/aromatic N) is 3. The summed E-state index contributed by atoms with van der Waals surface area (Å²) in [5.74, 6) is 0.344. The molecule has 0 aliphatic carbocycles. The van der Waals surface area contributed by atoms with Crippen LogP contribution in [0.15, 0.2) is 6.20 Å². The van der Waals surface area contributed by atoms with Crippen LogP contribution in [0, 0.1) is 10.1 Å². The molecular formula is C9H14N4O3. The van der Waals surface area contributed by atoms with Crippen molar-refractivity contribution in [2.24, 2.45) is 0 Å². The van der Waals surface area contributed by atoms with E-state index in [0.29, 0.717) is 19.1 Å². The Balaban J connectivity index is 2.95. The topological polar surface area (TPSA) is 90.2 Å². The molecule has 0 radical (unpaired) electrons. The summed E-state index contributed by atoms with van der Waals surface area (Å²) in [6.07, 6.45) is 1.91. The maximum absolute atomic E-state index is 10.7. The zero-order valence-corrected chi connectivity index (χ0v) is 9.27. The van der Waals surface area contributed by atoms with Gasteiger partial charge < -0.3 is 10.1 Å². The first kappa shape index (κ1) is 12.2. The normalized spacial score (nSPS) is 9.88. The highest BCUT2D eigenvalue weighted by Gasteiger charge is 2.18. The SMILES string of the molecule is CCCOc1nc(NCC)ncc1[N+](=O)[O-]. The lowest BCUT2D eigenvalue weighted by Crippen LogP contribution is -2.07. The first-order valence-electron chi connectivity index (χ1n) is 5.07. The zero-order valence-electron chi connectivity index (χ0n) is 9.27. The highest BCUT2D eigenvalue weighted by molar-refractivity contribution is 5.43. The molecule has 0 unspecified atom stereocenters. The fourth-order valence-corrected chi connectivity index (χ4v) is 1.03. The van der Waals surface area contributed by atoms with Gasteiger partial charge in [-0.3, -0.25) is 10.1 Å². The molecule has 0 aliphatic heterocycles. The van der Waals surface area contributed by atoms with Gasteiger partial charge in [0.05, 0.1) is 11.5 Å². The number of anilines is 1. The van der Waals surface area contributed by atoms with Crippen molar-refractivity contribution in [3.05, 3.63) is 16.3 Å². The monoisotopic (exact) mass is 226 g/mol. The van der Waals surface area contributed by atoms with Gasteiger partial charge in [0.2, 0.25) is 5.95 Å². The average molecular weight is 226 g/mol. The molecule has 0 fully saturated rings. The Labute approximate surface area is 93.0 Å². The molecule has 1 heterocycles.